The van der Waals surface area contributed by atoms with E-state index in [9.17, 15) is 9.59 Å². The average molecular weight is 274 g/mol. The molecule has 0 aromatic heterocycles. The molecule has 2 rings (SSSR count). The smallest absolute Gasteiger partial charge is 0.333 e. The summed E-state index contributed by atoms with van der Waals surface area (Å²) >= 11 is 0. The van der Waals surface area contributed by atoms with Gasteiger partial charge in [0.2, 0.25) is 0 Å². The molecule has 0 unspecified atom stereocenters. The van der Waals surface area contributed by atoms with Crippen molar-refractivity contribution in [2.24, 2.45) is 0 Å². The Labute approximate surface area is 118 Å². The van der Waals surface area contributed by atoms with Gasteiger partial charge in [0.25, 0.3) is 0 Å². The van der Waals surface area contributed by atoms with Gasteiger partial charge in [-0.1, -0.05) is 38.6 Å². The predicted molar refractivity (Wildman–Crippen MR) is 74.7 cm³/mol. The van der Waals surface area contributed by atoms with Gasteiger partial charge in [-0.15, -0.1) is 0 Å². The first kappa shape index (κ1) is 14.3. The first-order valence-corrected chi connectivity index (χ1v) is 6.56. The standard InChI is InChI=1S/C16H18O4/c1-5-8-19-14(17)16(4)12-9-11(10(2)3)6-7-13(12)20-15(16)18/h5-7,9-10H,1,8H2,2-4H3/t16-/m0/s1. The maximum Gasteiger partial charge on any atom is 0.333 e. The van der Waals surface area contributed by atoms with E-state index in [4.69, 9.17) is 9.47 Å². The fourth-order valence-electron chi connectivity index (χ4n) is 2.17. The third kappa shape index (κ3) is 2.11. The molecule has 1 aromatic carbocycles. The molecule has 0 fully saturated rings. The monoisotopic (exact) mass is 274 g/mol. The number of rotatable bonds is 4. The molecule has 4 nitrogen and oxygen atoms in total. The Morgan fingerprint density at radius 1 is 1.50 bits per heavy atom. The van der Waals surface area contributed by atoms with Gasteiger partial charge >= 0.3 is 11.9 Å². The zero-order valence-corrected chi connectivity index (χ0v) is 11.9. The van der Waals surface area contributed by atoms with Gasteiger partial charge in [-0.05, 0) is 24.5 Å². The van der Waals surface area contributed by atoms with Gasteiger partial charge in [-0.25, -0.2) is 0 Å². The van der Waals surface area contributed by atoms with Crippen molar-refractivity contribution in [3.63, 3.8) is 0 Å². The van der Waals surface area contributed by atoms with Crippen LogP contribution in [0.4, 0.5) is 0 Å². The van der Waals surface area contributed by atoms with Crippen molar-refractivity contribution in [2.75, 3.05) is 6.61 Å². The van der Waals surface area contributed by atoms with Crippen LogP contribution in [0, 0.1) is 0 Å². The van der Waals surface area contributed by atoms with Crippen LogP contribution < -0.4 is 4.74 Å². The van der Waals surface area contributed by atoms with E-state index in [0.29, 0.717) is 17.2 Å². The van der Waals surface area contributed by atoms with Crippen molar-refractivity contribution in [1.82, 2.24) is 0 Å². The summed E-state index contributed by atoms with van der Waals surface area (Å²) in [5, 5.41) is 0. The Balaban J connectivity index is 2.46. The van der Waals surface area contributed by atoms with Crippen LogP contribution in [0.5, 0.6) is 5.75 Å². The molecular weight excluding hydrogens is 256 g/mol. The lowest BCUT2D eigenvalue weighted by molar-refractivity contribution is -0.156. The maximum atomic E-state index is 12.2. The Morgan fingerprint density at radius 3 is 2.80 bits per heavy atom. The third-order valence-corrected chi connectivity index (χ3v) is 3.56. The quantitative estimate of drug-likeness (QED) is 0.366. The van der Waals surface area contributed by atoms with Crippen molar-refractivity contribution >= 4 is 11.9 Å². The van der Waals surface area contributed by atoms with Crippen LogP contribution in [0.25, 0.3) is 0 Å². The first-order chi connectivity index (χ1) is 9.41. The second kappa shape index (κ2) is 5.12. The van der Waals surface area contributed by atoms with Crippen molar-refractivity contribution in [1.29, 1.82) is 0 Å². The summed E-state index contributed by atoms with van der Waals surface area (Å²) in [4.78, 5) is 24.3. The molecule has 0 saturated carbocycles. The minimum atomic E-state index is -1.40. The summed E-state index contributed by atoms with van der Waals surface area (Å²) in [7, 11) is 0. The summed E-state index contributed by atoms with van der Waals surface area (Å²) in [5.41, 5.74) is 0.219. The highest BCUT2D eigenvalue weighted by atomic mass is 16.6. The molecule has 4 heteroatoms. The van der Waals surface area contributed by atoms with Crippen LogP contribution in [0.15, 0.2) is 30.9 Å². The van der Waals surface area contributed by atoms with Gasteiger partial charge in [0.15, 0.2) is 5.41 Å². The Morgan fingerprint density at radius 2 is 2.20 bits per heavy atom. The molecule has 106 valence electrons. The summed E-state index contributed by atoms with van der Waals surface area (Å²) in [6.07, 6.45) is 1.47. The van der Waals surface area contributed by atoms with Gasteiger partial charge in [-0.2, -0.15) is 0 Å². The Bertz CT molecular complexity index is 574. The first-order valence-electron chi connectivity index (χ1n) is 6.56. The van der Waals surface area contributed by atoms with Crippen molar-refractivity contribution in [3.8, 4) is 5.75 Å². The molecule has 1 aliphatic heterocycles. The van der Waals surface area contributed by atoms with Gasteiger partial charge < -0.3 is 9.47 Å². The summed E-state index contributed by atoms with van der Waals surface area (Å²) in [5.74, 6) is -0.480. The number of carbonyl (C=O) groups excluding carboxylic acids is 2. The van der Waals surface area contributed by atoms with Crippen LogP contribution in [-0.2, 0) is 19.7 Å². The van der Waals surface area contributed by atoms with Crippen molar-refractivity contribution in [2.45, 2.75) is 32.1 Å². The molecule has 0 amide bonds. The summed E-state index contributed by atoms with van der Waals surface area (Å²) < 4.78 is 10.2. The number of esters is 2. The van der Waals surface area contributed by atoms with E-state index >= 15 is 0 Å². The van der Waals surface area contributed by atoms with E-state index in [1.165, 1.54) is 13.0 Å². The number of hydrogen-bond acceptors (Lipinski definition) is 4. The lowest BCUT2D eigenvalue weighted by Gasteiger charge is -2.19. The second-order valence-electron chi connectivity index (χ2n) is 5.31. The molecule has 1 aliphatic rings. The largest absolute Gasteiger partial charge is 0.460 e. The van der Waals surface area contributed by atoms with Gasteiger partial charge in [0.05, 0.1) is 0 Å². The minimum Gasteiger partial charge on any atom is -0.460 e. The van der Waals surface area contributed by atoms with E-state index < -0.39 is 17.4 Å². The fraction of sp³-hybridized carbons (Fsp3) is 0.375. The molecule has 1 aromatic rings. The van der Waals surface area contributed by atoms with Crippen LogP contribution in [-0.4, -0.2) is 18.5 Å². The summed E-state index contributed by atoms with van der Waals surface area (Å²) in [6.45, 7) is 9.19. The second-order valence-corrected chi connectivity index (χ2v) is 5.31. The number of hydrogen-bond donors (Lipinski definition) is 0. The zero-order valence-electron chi connectivity index (χ0n) is 11.9. The summed E-state index contributed by atoms with van der Waals surface area (Å²) in [6, 6.07) is 5.48. The molecule has 0 bridgehead atoms. The molecule has 1 heterocycles. The number of ether oxygens (including phenoxy) is 2. The van der Waals surface area contributed by atoms with Crippen molar-refractivity contribution < 1.29 is 19.1 Å². The highest BCUT2D eigenvalue weighted by Crippen LogP contribution is 2.41. The molecular formula is C16H18O4. The Kier molecular flexibility index (Phi) is 3.66. The topological polar surface area (TPSA) is 52.6 Å². The predicted octanol–water partition coefficient (Wildman–Crippen LogP) is 2.72. The van der Waals surface area contributed by atoms with Crippen LogP contribution >= 0.6 is 0 Å². The van der Waals surface area contributed by atoms with E-state index in [1.54, 1.807) is 6.07 Å². The molecule has 0 aliphatic carbocycles. The Hall–Kier alpha value is -2.10. The normalized spacial score (nSPS) is 20.5. The molecule has 1 atom stereocenters. The number of fused-ring (bicyclic) bond motifs is 1. The van der Waals surface area contributed by atoms with Crippen LogP contribution in [0.3, 0.4) is 0 Å². The van der Waals surface area contributed by atoms with Crippen molar-refractivity contribution in [3.05, 3.63) is 42.0 Å². The maximum absolute atomic E-state index is 12.2. The van der Waals surface area contributed by atoms with E-state index in [-0.39, 0.29) is 6.61 Å². The minimum absolute atomic E-state index is 0.0703. The molecule has 0 N–H and O–H groups in total. The zero-order chi connectivity index (χ0) is 14.9. The van der Waals surface area contributed by atoms with E-state index in [2.05, 4.69) is 6.58 Å². The fourth-order valence-corrected chi connectivity index (χ4v) is 2.17. The average Bonchev–Trinajstić information content (AvgIpc) is 2.68. The molecule has 0 spiro atoms. The molecule has 20 heavy (non-hydrogen) atoms. The lowest BCUT2D eigenvalue weighted by Crippen LogP contribution is -2.40. The van der Waals surface area contributed by atoms with Gasteiger partial charge in [0, 0.05) is 5.56 Å². The van der Waals surface area contributed by atoms with Crippen LogP contribution in [0.2, 0.25) is 0 Å². The number of carbonyl (C=O) groups is 2. The highest BCUT2D eigenvalue weighted by molar-refractivity contribution is 6.09. The molecule has 0 saturated heterocycles. The SMILES string of the molecule is C=CCOC(=O)[C@@]1(C)C(=O)Oc2ccc(C(C)C)cc21. The van der Waals surface area contributed by atoms with E-state index in [1.807, 2.05) is 26.0 Å². The van der Waals surface area contributed by atoms with Gasteiger partial charge in [0.1, 0.15) is 12.4 Å². The van der Waals surface area contributed by atoms with Crippen LogP contribution in [0.1, 0.15) is 37.8 Å². The lowest BCUT2D eigenvalue weighted by atomic mass is 9.82. The molecule has 0 radical (unpaired) electrons. The van der Waals surface area contributed by atoms with Gasteiger partial charge in [-0.3, -0.25) is 9.59 Å². The highest BCUT2D eigenvalue weighted by Gasteiger charge is 2.52. The third-order valence-electron chi connectivity index (χ3n) is 3.56. The number of benzene rings is 1. The van der Waals surface area contributed by atoms with E-state index in [0.717, 1.165) is 5.56 Å².